The minimum Gasteiger partial charge on any atom is -0.496 e. The Morgan fingerprint density at radius 2 is 1.86 bits per heavy atom. The minimum absolute atomic E-state index is 0.116. The van der Waals surface area contributed by atoms with Gasteiger partial charge in [0.1, 0.15) is 23.2 Å². The molecule has 28 heavy (non-hydrogen) atoms. The van der Waals surface area contributed by atoms with Crippen LogP contribution in [-0.2, 0) is 0 Å². The van der Waals surface area contributed by atoms with Crippen LogP contribution in [0.4, 0.5) is 14.6 Å². The van der Waals surface area contributed by atoms with Crippen molar-refractivity contribution in [3.8, 4) is 28.3 Å². The second kappa shape index (κ2) is 7.19. The second-order valence-electron chi connectivity index (χ2n) is 6.05. The summed E-state index contributed by atoms with van der Waals surface area (Å²) < 4.78 is 33.8. The summed E-state index contributed by atoms with van der Waals surface area (Å²) in [6.07, 6.45) is 3.29. The number of pyridine rings is 1. The molecule has 2 aromatic heterocycles. The number of nitrogens with zero attached hydrogens (tertiary/aromatic N) is 3. The number of anilines is 1. The van der Waals surface area contributed by atoms with Crippen LogP contribution in [0.15, 0.2) is 54.9 Å². The first-order valence-electron chi connectivity index (χ1n) is 8.54. The molecule has 0 saturated carbocycles. The van der Waals surface area contributed by atoms with Crippen molar-refractivity contribution in [1.82, 2.24) is 15.0 Å². The number of ether oxygens (including phenoxy) is 1. The van der Waals surface area contributed by atoms with Crippen LogP contribution in [0.3, 0.4) is 0 Å². The molecule has 0 atom stereocenters. The highest BCUT2D eigenvalue weighted by atomic mass is 19.1. The molecule has 2 aromatic carbocycles. The first-order chi connectivity index (χ1) is 13.6. The van der Waals surface area contributed by atoms with Crippen LogP contribution in [0.1, 0.15) is 0 Å². The summed E-state index contributed by atoms with van der Waals surface area (Å²) in [7, 11) is 3.26. The fourth-order valence-electron chi connectivity index (χ4n) is 3.11. The van der Waals surface area contributed by atoms with Gasteiger partial charge in [-0.2, -0.15) is 0 Å². The average molecular weight is 378 g/mol. The maximum atomic E-state index is 14.5. The van der Waals surface area contributed by atoms with E-state index >= 15 is 0 Å². The maximum Gasteiger partial charge on any atom is 0.163 e. The molecular formula is C21H16F2N4O. The summed E-state index contributed by atoms with van der Waals surface area (Å²) in [5, 5.41) is 3.62. The zero-order valence-electron chi connectivity index (χ0n) is 15.2. The first kappa shape index (κ1) is 17.8. The number of hydrogen-bond donors (Lipinski definition) is 1. The van der Waals surface area contributed by atoms with E-state index in [2.05, 4.69) is 20.3 Å². The van der Waals surface area contributed by atoms with Crippen LogP contribution in [0, 0.1) is 11.6 Å². The van der Waals surface area contributed by atoms with Crippen LogP contribution >= 0.6 is 0 Å². The van der Waals surface area contributed by atoms with Crippen molar-refractivity contribution in [1.29, 1.82) is 0 Å². The van der Waals surface area contributed by atoms with Crippen LogP contribution < -0.4 is 10.1 Å². The third-order valence-corrected chi connectivity index (χ3v) is 4.41. The monoisotopic (exact) mass is 378 g/mol. The van der Waals surface area contributed by atoms with Crippen molar-refractivity contribution < 1.29 is 13.5 Å². The smallest absolute Gasteiger partial charge is 0.163 e. The Morgan fingerprint density at radius 1 is 1.00 bits per heavy atom. The SMILES string of the molecule is CNc1nc(-c2cccnc2)nc2c(-c3cc(F)ccc3F)ccc(OC)c12. The predicted molar refractivity (Wildman–Crippen MR) is 104 cm³/mol. The van der Waals surface area contributed by atoms with Gasteiger partial charge >= 0.3 is 0 Å². The van der Waals surface area contributed by atoms with Gasteiger partial charge < -0.3 is 10.1 Å². The lowest BCUT2D eigenvalue weighted by Gasteiger charge is -2.15. The number of nitrogens with one attached hydrogen (secondary N) is 1. The van der Waals surface area contributed by atoms with Crippen molar-refractivity contribution in [3.05, 3.63) is 66.5 Å². The maximum absolute atomic E-state index is 14.5. The number of benzene rings is 2. The molecule has 0 unspecified atom stereocenters. The van der Waals surface area contributed by atoms with E-state index in [0.29, 0.717) is 39.4 Å². The zero-order valence-corrected chi connectivity index (χ0v) is 15.2. The molecule has 0 aliphatic rings. The highest BCUT2D eigenvalue weighted by molar-refractivity contribution is 6.04. The highest BCUT2D eigenvalue weighted by Crippen LogP contribution is 2.39. The Labute approximate surface area is 160 Å². The average Bonchev–Trinajstić information content (AvgIpc) is 2.74. The standard InChI is InChI=1S/C21H16F2N4O/c1-24-21-18-17(28-2)8-6-14(15-10-13(22)5-7-16(15)23)19(18)26-20(27-21)12-4-3-9-25-11-12/h3-11H,1-2H3,(H,24,26,27). The molecule has 0 amide bonds. The lowest BCUT2D eigenvalue weighted by atomic mass is 10.0. The topological polar surface area (TPSA) is 59.9 Å². The van der Waals surface area contributed by atoms with Gasteiger partial charge in [-0.05, 0) is 42.5 Å². The van der Waals surface area contributed by atoms with Crippen LogP contribution in [0.2, 0.25) is 0 Å². The molecule has 0 bridgehead atoms. The summed E-state index contributed by atoms with van der Waals surface area (Å²) in [4.78, 5) is 13.3. The predicted octanol–water partition coefficient (Wildman–Crippen LogP) is 4.69. The molecule has 0 aliphatic heterocycles. The quantitative estimate of drug-likeness (QED) is 0.558. The number of aromatic nitrogens is 3. The van der Waals surface area contributed by atoms with E-state index in [1.54, 1.807) is 37.6 Å². The molecule has 2 heterocycles. The number of hydrogen-bond acceptors (Lipinski definition) is 5. The molecule has 0 spiro atoms. The van der Waals surface area contributed by atoms with Gasteiger partial charge in [0.15, 0.2) is 5.82 Å². The number of rotatable bonds is 4. The molecule has 0 radical (unpaired) electrons. The van der Waals surface area contributed by atoms with Gasteiger partial charge in [0.2, 0.25) is 0 Å². The van der Waals surface area contributed by atoms with E-state index in [4.69, 9.17) is 4.74 Å². The van der Waals surface area contributed by atoms with Gasteiger partial charge in [-0.25, -0.2) is 18.7 Å². The Hall–Kier alpha value is -3.61. The fraction of sp³-hybridized carbons (Fsp3) is 0.0952. The molecule has 1 N–H and O–H groups in total. The lowest BCUT2D eigenvalue weighted by molar-refractivity contribution is 0.420. The second-order valence-corrected chi connectivity index (χ2v) is 6.05. The van der Waals surface area contributed by atoms with E-state index in [-0.39, 0.29) is 5.56 Å². The van der Waals surface area contributed by atoms with Gasteiger partial charge in [-0.3, -0.25) is 4.98 Å². The molecule has 4 rings (SSSR count). The van der Waals surface area contributed by atoms with E-state index < -0.39 is 11.6 Å². The van der Waals surface area contributed by atoms with E-state index in [0.717, 1.165) is 18.2 Å². The number of halogens is 2. The molecular weight excluding hydrogens is 362 g/mol. The third kappa shape index (κ3) is 3.00. The van der Waals surface area contributed by atoms with Crippen molar-refractivity contribution in [3.63, 3.8) is 0 Å². The summed E-state index contributed by atoms with van der Waals surface area (Å²) in [6, 6.07) is 10.3. The molecule has 5 nitrogen and oxygen atoms in total. The molecule has 0 aliphatic carbocycles. The number of fused-ring (bicyclic) bond motifs is 1. The Balaban J connectivity index is 2.10. The molecule has 7 heteroatoms. The van der Waals surface area contributed by atoms with Crippen molar-refractivity contribution in [2.75, 3.05) is 19.5 Å². The van der Waals surface area contributed by atoms with E-state index in [1.165, 1.54) is 7.11 Å². The van der Waals surface area contributed by atoms with Crippen LogP contribution in [0.25, 0.3) is 33.4 Å². The van der Waals surface area contributed by atoms with E-state index in [1.807, 2.05) is 6.07 Å². The summed E-state index contributed by atoms with van der Waals surface area (Å²) in [6.45, 7) is 0. The highest BCUT2D eigenvalue weighted by Gasteiger charge is 2.19. The summed E-state index contributed by atoms with van der Waals surface area (Å²) >= 11 is 0. The first-order valence-corrected chi connectivity index (χ1v) is 8.54. The van der Waals surface area contributed by atoms with Gasteiger partial charge in [0, 0.05) is 36.1 Å². The zero-order chi connectivity index (χ0) is 19.7. The van der Waals surface area contributed by atoms with E-state index in [9.17, 15) is 8.78 Å². The molecule has 140 valence electrons. The van der Waals surface area contributed by atoms with Crippen LogP contribution in [-0.4, -0.2) is 29.1 Å². The van der Waals surface area contributed by atoms with Gasteiger partial charge in [0.05, 0.1) is 18.0 Å². The van der Waals surface area contributed by atoms with Crippen LogP contribution in [0.5, 0.6) is 5.75 Å². The number of methoxy groups -OCH3 is 1. The Bertz CT molecular complexity index is 1170. The van der Waals surface area contributed by atoms with Crippen molar-refractivity contribution >= 4 is 16.7 Å². The lowest BCUT2D eigenvalue weighted by Crippen LogP contribution is -2.02. The fourth-order valence-corrected chi connectivity index (χ4v) is 3.11. The Kier molecular flexibility index (Phi) is 4.57. The van der Waals surface area contributed by atoms with Crippen molar-refractivity contribution in [2.24, 2.45) is 0 Å². The normalized spacial score (nSPS) is 10.9. The molecule has 0 fully saturated rings. The van der Waals surface area contributed by atoms with Gasteiger partial charge in [0.25, 0.3) is 0 Å². The minimum atomic E-state index is -0.541. The van der Waals surface area contributed by atoms with Gasteiger partial charge in [-0.1, -0.05) is 0 Å². The molecule has 4 aromatic rings. The largest absolute Gasteiger partial charge is 0.496 e. The third-order valence-electron chi connectivity index (χ3n) is 4.41. The summed E-state index contributed by atoms with van der Waals surface area (Å²) in [5.41, 5.74) is 1.71. The van der Waals surface area contributed by atoms with Gasteiger partial charge in [-0.15, -0.1) is 0 Å². The summed E-state index contributed by atoms with van der Waals surface area (Å²) in [5.74, 6) is 0.379. The molecule has 0 saturated heterocycles. The van der Waals surface area contributed by atoms with Crippen molar-refractivity contribution in [2.45, 2.75) is 0 Å². The Morgan fingerprint density at radius 3 is 2.57 bits per heavy atom.